The molecule has 2 nitrogen and oxygen atoms in total. The van der Waals surface area contributed by atoms with E-state index >= 15 is 0 Å². The van der Waals surface area contributed by atoms with Gasteiger partial charge < -0.3 is 10.2 Å². The lowest BCUT2D eigenvalue weighted by molar-refractivity contribution is 0.407. The third-order valence-corrected chi connectivity index (χ3v) is 3.94. The first-order chi connectivity index (χ1) is 9.57. The van der Waals surface area contributed by atoms with Crippen molar-refractivity contribution >= 4 is 17.1 Å². The Hall–Kier alpha value is -1.96. The minimum atomic E-state index is 0.224. The summed E-state index contributed by atoms with van der Waals surface area (Å²) in [6, 6.07) is 17.2. The van der Waals surface area contributed by atoms with Gasteiger partial charge in [-0.1, -0.05) is 44.2 Å². The summed E-state index contributed by atoms with van der Waals surface area (Å²) in [5, 5.41) is 3.59. The van der Waals surface area contributed by atoms with E-state index in [1.807, 2.05) is 0 Å². The van der Waals surface area contributed by atoms with Crippen molar-refractivity contribution in [3.63, 3.8) is 0 Å². The standard InChI is InChI=1S/C18H22N2/c1-14-8-4-6-10-16(14)20-13-18(2,3)12-19-15-9-5-7-11-17(15)20/h4-11,19H,12-13H2,1-3H3. The summed E-state index contributed by atoms with van der Waals surface area (Å²) in [6.45, 7) is 8.83. The lowest BCUT2D eigenvalue weighted by Gasteiger charge is -2.32. The predicted molar refractivity (Wildman–Crippen MR) is 86.9 cm³/mol. The molecule has 3 rings (SSSR count). The molecular formula is C18H22N2. The van der Waals surface area contributed by atoms with Gasteiger partial charge in [0.15, 0.2) is 0 Å². The summed E-state index contributed by atoms with van der Waals surface area (Å²) in [5.74, 6) is 0. The molecule has 0 bridgehead atoms. The van der Waals surface area contributed by atoms with Crippen molar-refractivity contribution in [1.29, 1.82) is 0 Å². The van der Waals surface area contributed by atoms with Crippen molar-refractivity contribution < 1.29 is 0 Å². The van der Waals surface area contributed by atoms with Gasteiger partial charge in [0.05, 0.1) is 11.4 Å². The van der Waals surface area contributed by atoms with Crippen LogP contribution in [0.2, 0.25) is 0 Å². The van der Waals surface area contributed by atoms with E-state index in [1.165, 1.54) is 22.6 Å². The summed E-state index contributed by atoms with van der Waals surface area (Å²) in [6.07, 6.45) is 0. The molecule has 0 spiro atoms. The first-order valence-corrected chi connectivity index (χ1v) is 7.23. The molecule has 1 aliphatic rings. The Morgan fingerprint density at radius 2 is 1.60 bits per heavy atom. The van der Waals surface area contributed by atoms with E-state index in [2.05, 4.69) is 79.5 Å². The van der Waals surface area contributed by atoms with Crippen LogP contribution >= 0.6 is 0 Å². The molecule has 1 heterocycles. The quantitative estimate of drug-likeness (QED) is 0.812. The van der Waals surface area contributed by atoms with Gasteiger partial charge in [-0.15, -0.1) is 0 Å². The molecule has 0 saturated heterocycles. The molecule has 0 amide bonds. The van der Waals surface area contributed by atoms with Gasteiger partial charge in [-0.05, 0) is 36.1 Å². The maximum Gasteiger partial charge on any atom is 0.0646 e. The predicted octanol–water partition coefficient (Wildman–Crippen LogP) is 4.58. The molecule has 0 aromatic heterocycles. The average Bonchev–Trinajstić information content (AvgIpc) is 2.57. The third kappa shape index (κ3) is 2.38. The normalized spacial score (nSPS) is 17.1. The molecule has 0 unspecified atom stereocenters. The van der Waals surface area contributed by atoms with Gasteiger partial charge in [0.25, 0.3) is 0 Å². The number of anilines is 3. The van der Waals surface area contributed by atoms with Gasteiger partial charge in [0, 0.05) is 18.8 Å². The highest BCUT2D eigenvalue weighted by atomic mass is 15.2. The van der Waals surface area contributed by atoms with Crippen LogP contribution in [0.25, 0.3) is 0 Å². The second-order valence-electron chi connectivity index (χ2n) is 6.41. The van der Waals surface area contributed by atoms with Crippen LogP contribution in [0.5, 0.6) is 0 Å². The molecule has 0 radical (unpaired) electrons. The van der Waals surface area contributed by atoms with Gasteiger partial charge in [0.1, 0.15) is 0 Å². The molecule has 2 aromatic rings. The van der Waals surface area contributed by atoms with Crippen LogP contribution in [0.4, 0.5) is 17.1 Å². The number of rotatable bonds is 1. The second kappa shape index (κ2) is 4.86. The Balaban J connectivity index is 2.14. The van der Waals surface area contributed by atoms with Crippen LogP contribution < -0.4 is 10.2 Å². The first kappa shape index (κ1) is 13.0. The lowest BCUT2D eigenvalue weighted by Crippen LogP contribution is -2.33. The number of nitrogens with zero attached hydrogens (tertiary/aromatic N) is 1. The van der Waals surface area contributed by atoms with Gasteiger partial charge in [0.2, 0.25) is 0 Å². The van der Waals surface area contributed by atoms with Crippen LogP contribution in [0.1, 0.15) is 19.4 Å². The molecule has 1 aliphatic heterocycles. The Morgan fingerprint density at radius 1 is 0.950 bits per heavy atom. The van der Waals surface area contributed by atoms with E-state index in [4.69, 9.17) is 0 Å². The monoisotopic (exact) mass is 266 g/mol. The number of hydrogen-bond acceptors (Lipinski definition) is 2. The fraction of sp³-hybridized carbons (Fsp3) is 0.333. The SMILES string of the molecule is Cc1ccccc1N1CC(C)(C)CNc2ccccc21. The van der Waals surface area contributed by atoms with Crippen molar-refractivity contribution in [1.82, 2.24) is 0 Å². The molecule has 0 aliphatic carbocycles. The summed E-state index contributed by atoms with van der Waals surface area (Å²) < 4.78 is 0. The Kier molecular flexibility index (Phi) is 3.17. The molecule has 104 valence electrons. The van der Waals surface area contributed by atoms with Crippen molar-refractivity contribution in [2.24, 2.45) is 5.41 Å². The van der Waals surface area contributed by atoms with Crippen LogP contribution in [-0.2, 0) is 0 Å². The number of nitrogens with one attached hydrogen (secondary N) is 1. The Morgan fingerprint density at radius 3 is 2.35 bits per heavy atom. The molecule has 2 aromatic carbocycles. The molecule has 0 atom stereocenters. The van der Waals surface area contributed by atoms with Gasteiger partial charge in [-0.3, -0.25) is 0 Å². The van der Waals surface area contributed by atoms with Crippen molar-refractivity contribution in [2.75, 3.05) is 23.3 Å². The van der Waals surface area contributed by atoms with E-state index in [9.17, 15) is 0 Å². The van der Waals surface area contributed by atoms with Gasteiger partial charge >= 0.3 is 0 Å². The Bertz CT molecular complexity index is 616. The molecule has 2 heteroatoms. The van der Waals surface area contributed by atoms with Crippen LogP contribution in [0.3, 0.4) is 0 Å². The summed E-state index contributed by atoms with van der Waals surface area (Å²) in [7, 11) is 0. The molecule has 0 fully saturated rings. The van der Waals surface area contributed by atoms with Crippen molar-refractivity contribution in [2.45, 2.75) is 20.8 Å². The zero-order valence-corrected chi connectivity index (χ0v) is 12.5. The average molecular weight is 266 g/mol. The molecular weight excluding hydrogens is 244 g/mol. The van der Waals surface area contributed by atoms with E-state index in [0.717, 1.165) is 13.1 Å². The van der Waals surface area contributed by atoms with E-state index in [-0.39, 0.29) is 5.41 Å². The highest BCUT2D eigenvalue weighted by Crippen LogP contribution is 2.39. The van der Waals surface area contributed by atoms with Crippen molar-refractivity contribution in [3.8, 4) is 0 Å². The van der Waals surface area contributed by atoms with Crippen LogP contribution in [0.15, 0.2) is 48.5 Å². The summed E-state index contributed by atoms with van der Waals surface area (Å²) in [5.41, 5.74) is 5.34. The fourth-order valence-electron chi connectivity index (χ4n) is 2.84. The number of fused-ring (bicyclic) bond motifs is 1. The van der Waals surface area contributed by atoms with E-state index in [0.29, 0.717) is 0 Å². The second-order valence-corrected chi connectivity index (χ2v) is 6.41. The zero-order chi connectivity index (χ0) is 14.2. The topological polar surface area (TPSA) is 15.3 Å². The highest BCUT2D eigenvalue weighted by molar-refractivity contribution is 5.78. The summed E-state index contributed by atoms with van der Waals surface area (Å²) >= 11 is 0. The molecule has 0 saturated carbocycles. The summed E-state index contributed by atoms with van der Waals surface area (Å²) in [4.78, 5) is 2.45. The first-order valence-electron chi connectivity index (χ1n) is 7.23. The highest BCUT2D eigenvalue weighted by Gasteiger charge is 2.28. The van der Waals surface area contributed by atoms with E-state index < -0.39 is 0 Å². The largest absolute Gasteiger partial charge is 0.383 e. The number of hydrogen-bond donors (Lipinski definition) is 1. The third-order valence-electron chi connectivity index (χ3n) is 3.94. The maximum absolute atomic E-state index is 3.59. The molecule has 20 heavy (non-hydrogen) atoms. The minimum Gasteiger partial charge on any atom is -0.383 e. The van der Waals surface area contributed by atoms with Gasteiger partial charge in [-0.25, -0.2) is 0 Å². The number of benzene rings is 2. The van der Waals surface area contributed by atoms with Crippen molar-refractivity contribution in [3.05, 3.63) is 54.1 Å². The number of para-hydroxylation sites is 3. The van der Waals surface area contributed by atoms with Gasteiger partial charge in [-0.2, -0.15) is 0 Å². The van der Waals surface area contributed by atoms with Crippen LogP contribution in [-0.4, -0.2) is 13.1 Å². The Labute approximate surface area is 121 Å². The zero-order valence-electron chi connectivity index (χ0n) is 12.5. The lowest BCUT2D eigenvalue weighted by atomic mass is 9.92. The van der Waals surface area contributed by atoms with E-state index in [1.54, 1.807) is 0 Å². The van der Waals surface area contributed by atoms with Crippen LogP contribution in [0, 0.1) is 12.3 Å². The smallest absolute Gasteiger partial charge is 0.0646 e. The minimum absolute atomic E-state index is 0.224. The fourth-order valence-corrected chi connectivity index (χ4v) is 2.84. The maximum atomic E-state index is 3.59. The number of aryl methyl sites for hydroxylation is 1. The molecule has 1 N–H and O–H groups in total.